The number of aromatic hydroxyl groups is 2. The summed E-state index contributed by atoms with van der Waals surface area (Å²) in [5.41, 5.74) is 8.48. The molecule has 1 aliphatic rings. The highest BCUT2D eigenvalue weighted by Crippen LogP contribution is 2.39. The molecule has 6 amide bonds. The molecule has 68 heavy (non-hydrogen) atoms. The maximum Gasteiger partial charge on any atom is 0.325 e. The molecule has 0 radical (unpaired) electrons. The molecule has 6 unspecified atom stereocenters. The van der Waals surface area contributed by atoms with Gasteiger partial charge < -0.3 is 52.5 Å². The van der Waals surface area contributed by atoms with E-state index < -0.39 is 83.4 Å². The summed E-state index contributed by atoms with van der Waals surface area (Å²) >= 11 is 6.05. The predicted octanol–water partition coefficient (Wildman–Crippen LogP) is 3.50. The first kappa shape index (κ1) is 51.7. The number of carbonyl (C=O) groups is 8. The van der Waals surface area contributed by atoms with E-state index in [9.17, 15) is 48.6 Å². The molecular weight excluding hydrogens is 898 g/mol. The fraction of sp³-hybridized carbons (Fsp3) is 0.347. The number of amides is 6. The normalized spacial score (nSPS) is 17.2. The molecule has 4 aromatic carbocycles. The van der Waals surface area contributed by atoms with Crippen LogP contribution in [0.3, 0.4) is 0 Å². The van der Waals surface area contributed by atoms with Crippen molar-refractivity contribution < 1.29 is 53.7 Å². The number of hydrogen-bond donors (Lipinski definition) is 9. The topological polar surface area (TPSA) is 287 Å². The first-order valence-corrected chi connectivity index (χ1v) is 22.4. The number of rotatable bonds is 17. The maximum absolute atomic E-state index is 14.6. The minimum Gasteiger partial charge on any atom is -0.507 e. The Kier molecular flexibility index (Phi) is 17.8. The van der Waals surface area contributed by atoms with Crippen molar-refractivity contribution in [3.05, 3.63) is 107 Å². The Morgan fingerprint density at radius 2 is 1.40 bits per heavy atom. The van der Waals surface area contributed by atoms with E-state index in [1.807, 2.05) is 12.1 Å². The Balaban J connectivity index is 1.43. The number of Topliss-reactive ketones (excluding diaryl/α,β-unsaturated/α-hetero) is 1. The van der Waals surface area contributed by atoms with Crippen LogP contribution < -0.4 is 32.3 Å². The smallest absolute Gasteiger partial charge is 0.325 e. The van der Waals surface area contributed by atoms with Crippen LogP contribution in [0.2, 0.25) is 5.02 Å². The van der Waals surface area contributed by atoms with Crippen molar-refractivity contribution >= 4 is 58.8 Å². The molecule has 18 nitrogen and oxygen atoms in total. The number of hydrogen-bond acceptors (Lipinski definition) is 11. The molecular formula is C49H56ClN7O11. The van der Waals surface area contributed by atoms with Gasteiger partial charge in [-0.1, -0.05) is 48.0 Å². The summed E-state index contributed by atoms with van der Waals surface area (Å²) < 4.78 is 0. The molecule has 6 atom stereocenters. The zero-order chi connectivity index (χ0) is 49.8. The van der Waals surface area contributed by atoms with Crippen LogP contribution in [0.5, 0.6) is 11.5 Å². The number of aliphatic carboxylic acids is 1. The molecule has 4 bridgehead atoms. The number of benzene rings is 4. The van der Waals surface area contributed by atoms with Crippen LogP contribution in [0.15, 0.2) is 84.9 Å². The standard InChI is InChI=1S/C49H56ClN7O11/c1-26(39(58)20-21-42(61)52-28(3)49(67)68)53-46(64)38-24-29-8-18-40(59)35(23-29)36-25-33(15-19-41(36)60)43(47(65)54-27(2)44(62)56-38)57(4)48(66)37(7-5-6-22-51)55-45(63)32-11-9-30(10-12-32)31-13-16-34(50)17-14-31/h8-19,23,25-28,37-38,43,59-60H,5-7,20-22,24,51H2,1-4H3,(H,52,61)(H,53,64)(H,54,65)(H,55,63)(H,56,62)(H,67,68). The van der Waals surface area contributed by atoms with Gasteiger partial charge in [-0.2, -0.15) is 0 Å². The maximum atomic E-state index is 14.6. The van der Waals surface area contributed by atoms with Crippen molar-refractivity contribution in [3.8, 4) is 33.8 Å². The quantitative estimate of drug-likeness (QED) is 0.0688. The van der Waals surface area contributed by atoms with Gasteiger partial charge in [-0.3, -0.25) is 38.4 Å². The summed E-state index contributed by atoms with van der Waals surface area (Å²) in [7, 11) is 1.36. The fourth-order valence-corrected chi connectivity index (χ4v) is 7.69. The second kappa shape index (κ2) is 23.4. The molecule has 0 spiro atoms. The van der Waals surface area contributed by atoms with Gasteiger partial charge in [0.15, 0.2) is 5.78 Å². The fourth-order valence-electron chi connectivity index (χ4n) is 7.56. The van der Waals surface area contributed by atoms with E-state index in [1.165, 1.54) is 64.2 Å². The number of nitrogens with zero attached hydrogens (tertiary/aromatic N) is 1. The Morgan fingerprint density at radius 1 is 0.779 bits per heavy atom. The summed E-state index contributed by atoms with van der Waals surface area (Å²) in [6, 6.07) is 14.7. The summed E-state index contributed by atoms with van der Waals surface area (Å²) in [4.78, 5) is 108. The second-order valence-electron chi connectivity index (χ2n) is 16.7. The lowest BCUT2D eigenvalue weighted by Crippen LogP contribution is -2.56. The number of carboxylic acid groups (broad SMARTS) is 1. The van der Waals surface area contributed by atoms with E-state index in [-0.39, 0.29) is 59.4 Å². The van der Waals surface area contributed by atoms with Crippen LogP contribution in [-0.4, -0.2) is 111 Å². The van der Waals surface area contributed by atoms with Crippen molar-refractivity contribution in [3.63, 3.8) is 0 Å². The van der Waals surface area contributed by atoms with Crippen LogP contribution >= 0.6 is 11.6 Å². The molecule has 360 valence electrons. The summed E-state index contributed by atoms with van der Waals surface area (Å²) in [6.45, 7) is 4.34. The van der Waals surface area contributed by atoms with E-state index in [0.717, 1.165) is 16.0 Å². The first-order valence-electron chi connectivity index (χ1n) is 22.0. The molecule has 0 fully saturated rings. The molecule has 10 N–H and O–H groups in total. The summed E-state index contributed by atoms with van der Waals surface area (Å²) in [5, 5.41) is 44.8. The number of nitrogens with two attached hydrogens (primary N) is 1. The van der Waals surface area contributed by atoms with Gasteiger partial charge in [0.2, 0.25) is 29.5 Å². The molecule has 19 heteroatoms. The Hall–Kier alpha value is -7.31. The number of nitrogens with one attached hydrogen (secondary N) is 5. The van der Waals surface area contributed by atoms with Crippen LogP contribution in [-0.2, 0) is 40.0 Å². The minimum absolute atomic E-state index is 0.0616. The molecule has 1 heterocycles. The van der Waals surface area contributed by atoms with E-state index in [2.05, 4.69) is 26.6 Å². The highest BCUT2D eigenvalue weighted by Gasteiger charge is 2.36. The molecule has 4 aromatic rings. The van der Waals surface area contributed by atoms with Crippen LogP contribution in [0.4, 0.5) is 0 Å². The lowest BCUT2D eigenvalue weighted by atomic mass is 9.93. The van der Waals surface area contributed by atoms with Crippen molar-refractivity contribution in [1.29, 1.82) is 0 Å². The Morgan fingerprint density at radius 3 is 2.03 bits per heavy atom. The van der Waals surface area contributed by atoms with Gasteiger partial charge in [0, 0.05) is 48.0 Å². The predicted molar refractivity (Wildman–Crippen MR) is 252 cm³/mol. The van der Waals surface area contributed by atoms with Gasteiger partial charge in [0.05, 0.1) is 6.04 Å². The number of phenols is 2. The number of fused-ring (bicyclic) bond motifs is 5. The summed E-state index contributed by atoms with van der Waals surface area (Å²) in [6.07, 6.45) is 0.260. The zero-order valence-corrected chi connectivity index (χ0v) is 38.8. The Bertz CT molecular complexity index is 2540. The lowest BCUT2D eigenvalue weighted by molar-refractivity contribution is -0.141. The Labute approximate surface area is 398 Å². The van der Waals surface area contributed by atoms with Crippen LogP contribution in [0.25, 0.3) is 22.3 Å². The van der Waals surface area contributed by atoms with Gasteiger partial charge >= 0.3 is 5.97 Å². The van der Waals surface area contributed by atoms with Crippen molar-refractivity contribution in [2.75, 3.05) is 13.6 Å². The first-order chi connectivity index (χ1) is 32.3. The third-order valence-corrected chi connectivity index (χ3v) is 11.8. The molecule has 0 aromatic heterocycles. The number of halogens is 1. The van der Waals surface area contributed by atoms with Gasteiger partial charge in [0.1, 0.15) is 41.7 Å². The van der Waals surface area contributed by atoms with Crippen molar-refractivity contribution in [1.82, 2.24) is 31.5 Å². The van der Waals surface area contributed by atoms with E-state index >= 15 is 0 Å². The average Bonchev–Trinajstić information content (AvgIpc) is 3.30. The minimum atomic E-state index is -1.49. The van der Waals surface area contributed by atoms with Gasteiger partial charge in [-0.25, -0.2) is 0 Å². The highest BCUT2D eigenvalue weighted by molar-refractivity contribution is 6.30. The SMILES string of the molecule is CC(NC(=O)CCC(=O)C(C)NC(=O)C1Cc2ccc(O)c(c2)-c2cc(ccc2O)C(N(C)C(=O)C(CCCCN)NC(=O)c2ccc(-c3ccc(Cl)cc3)cc2)C(=O)NC(C)C(=O)N1)C(=O)O. The van der Waals surface area contributed by atoms with Crippen LogP contribution in [0, 0.1) is 0 Å². The molecule has 0 saturated carbocycles. The largest absolute Gasteiger partial charge is 0.507 e. The third-order valence-electron chi connectivity index (χ3n) is 11.6. The number of carbonyl (C=O) groups excluding carboxylic acids is 7. The number of unbranched alkanes of at least 4 members (excludes halogenated alkanes) is 1. The average molecular weight is 954 g/mol. The lowest BCUT2D eigenvalue weighted by Gasteiger charge is -2.32. The van der Waals surface area contributed by atoms with Crippen molar-refractivity contribution in [2.45, 2.75) is 95.5 Å². The van der Waals surface area contributed by atoms with Gasteiger partial charge in [-0.15, -0.1) is 0 Å². The van der Waals surface area contributed by atoms with E-state index in [0.29, 0.717) is 30.0 Å². The van der Waals surface area contributed by atoms with Gasteiger partial charge in [0.25, 0.3) is 5.91 Å². The van der Waals surface area contributed by atoms with E-state index in [1.54, 1.807) is 36.4 Å². The van der Waals surface area contributed by atoms with Crippen molar-refractivity contribution in [2.24, 2.45) is 5.73 Å². The number of carboxylic acids is 1. The van der Waals surface area contributed by atoms with E-state index in [4.69, 9.17) is 22.4 Å². The number of ketones is 1. The number of phenolic OH excluding ortho intramolecular Hbond substituents is 2. The highest BCUT2D eigenvalue weighted by atomic mass is 35.5. The molecule has 5 rings (SSSR count). The molecule has 0 saturated heterocycles. The summed E-state index contributed by atoms with van der Waals surface area (Å²) in [5.74, 6) is -6.77. The number of likely N-dealkylation sites (N-methyl/N-ethyl adjacent to an activating group) is 1. The zero-order valence-electron chi connectivity index (χ0n) is 38.0. The monoisotopic (exact) mass is 953 g/mol. The van der Waals surface area contributed by atoms with Gasteiger partial charge in [-0.05, 0) is 117 Å². The third kappa shape index (κ3) is 13.4. The van der Waals surface area contributed by atoms with Crippen LogP contribution in [0.1, 0.15) is 80.4 Å². The molecule has 0 aliphatic carbocycles. The molecule has 1 aliphatic heterocycles. The second-order valence-corrected chi connectivity index (χ2v) is 17.1.